The van der Waals surface area contributed by atoms with E-state index in [1.807, 2.05) is 6.07 Å². The first-order valence-corrected chi connectivity index (χ1v) is 6.10. The van der Waals surface area contributed by atoms with Gasteiger partial charge in [-0.05, 0) is 18.2 Å². The Bertz CT molecular complexity index is 773. The van der Waals surface area contributed by atoms with Crippen molar-refractivity contribution in [2.45, 2.75) is 6.54 Å². The third-order valence-corrected chi connectivity index (χ3v) is 2.80. The van der Waals surface area contributed by atoms with Crippen molar-refractivity contribution in [3.63, 3.8) is 0 Å². The van der Waals surface area contributed by atoms with Crippen molar-refractivity contribution in [1.82, 2.24) is 9.55 Å². The molecule has 0 unspecified atom stereocenters. The highest BCUT2D eigenvalue weighted by molar-refractivity contribution is 6.30. The number of H-pyrrole nitrogens is 1. The zero-order valence-corrected chi connectivity index (χ0v) is 11.1. The summed E-state index contributed by atoms with van der Waals surface area (Å²) in [6, 6.07) is 8.69. The average Bonchev–Trinajstić information content (AvgIpc) is 2.44. The highest BCUT2D eigenvalue weighted by atomic mass is 35.5. The molecule has 0 aliphatic rings. The summed E-state index contributed by atoms with van der Waals surface area (Å²) in [5, 5.41) is 8.70. The van der Waals surface area contributed by atoms with Gasteiger partial charge in [-0.25, -0.2) is 4.79 Å². The van der Waals surface area contributed by atoms with E-state index in [2.05, 4.69) is 4.98 Å². The lowest BCUT2D eigenvalue weighted by atomic mass is 10.2. The van der Waals surface area contributed by atoms with Gasteiger partial charge in [0, 0.05) is 6.20 Å². The standard InChI is InChI=1S/C13H10ClN3O3/c14-11-8-17(13(19)16-12(11)18)4-5-20-10-3-1-2-9(6-10)7-15/h1-3,6,8H,4-5H2,(H,16,18,19). The molecule has 0 radical (unpaired) electrons. The number of nitriles is 1. The molecule has 0 aliphatic carbocycles. The maximum absolute atomic E-state index is 11.5. The molecule has 6 nitrogen and oxygen atoms in total. The number of hydrogen-bond donors (Lipinski definition) is 1. The van der Waals surface area contributed by atoms with Crippen LogP contribution in [0.5, 0.6) is 5.75 Å². The molecule has 1 heterocycles. The second kappa shape index (κ2) is 6.08. The second-order valence-electron chi connectivity index (χ2n) is 3.92. The number of nitrogens with one attached hydrogen (secondary N) is 1. The van der Waals surface area contributed by atoms with Gasteiger partial charge in [0.2, 0.25) is 0 Å². The van der Waals surface area contributed by atoms with Crippen molar-refractivity contribution in [1.29, 1.82) is 5.26 Å². The molecule has 0 aliphatic heterocycles. The zero-order chi connectivity index (χ0) is 14.5. The minimum absolute atomic E-state index is 0.0592. The Kier molecular flexibility index (Phi) is 4.23. The van der Waals surface area contributed by atoms with Crippen LogP contribution < -0.4 is 16.0 Å². The molecule has 1 aromatic carbocycles. The first-order valence-electron chi connectivity index (χ1n) is 5.72. The van der Waals surface area contributed by atoms with E-state index in [1.165, 1.54) is 10.8 Å². The number of aromatic nitrogens is 2. The quantitative estimate of drug-likeness (QED) is 0.915. The third-order valence-electron chi connectivity index (χ3n) is 2.53. The van der Waals surface area contributed by atoms with Crippen LogP contribution in [0.4, 0.5) is 0 Å². The Balaban J connectivity index is 2.03. The van der Waals surface area contributed by atoms with Crippen LogP contribution in [-0.2, 0) is 6.54 Å². The van der Waals surface area contributed by atoms with Crippen LogP contribution in [-0.4, -0.2) is 16.2 Å². The Morgan fingerprint density at radius 3 is 2.95 bits per heavy atom. The fraction of sp³-hybridized carbons (Fsp3) is 0.154. The van der Waals surface area contributed by atoms with Crippen molar-refractivity contribution in [3.05, 3.63) is 61.9 Å². The van der Waals surface area contributed by atoms with Crippen molar-refractivity contribution in [2.24, 2.45) is 0 Å². The summed E-state index contributed by atoms with van der Waals surface area (Å²) in [5.74, 6) is 0.535. The van der Waals surface area contributed by atoms with Crippen molar-refractivity contribution in [2.75, 3.05) is 6.61 Å². The lowest BCUT2D eigenvalue weighted by Crippen LogP contribution is -2.31. The molecular formula is C13H10ClN3O3. The molecule has 0 spiro atoms. The second-order valence-corrected chi connectivity index (χ2v) is 4.33. The monoisotopic (exact) mass is 291 g/mol. The number of halogens is 1. The summed E-state index contributed by atoms with van der Waals surface area (Å²) < 4.78 is 6.68. The minimum Gasteiger partial charge on any atom is -0.492 e. The summed E-state index contributed by atoms with van der Waals surface area (Å²) in [5.41, 5.74) is -0.670. The molecule has 1 N–H and O–H groups in total. The Morgan fingerprint density at radius 1 is 1.40 bits per heavy atom. The van der Waals surface area contributed by atoms with Gasteiger partial charge < -0.3 is 4.74 Å². The Morgan fingerprint density at radius 2 is 2.20 bits per heavy atom. The molecule has 2 rings (SSSR count). The molecular weight excluding hydrogens is 282 g/mol. The van der Waals surface area contributed by atoms with Gasteiger partial charge in [0.15, 0.2) is 0 Å². The van der Waals surface area contributed by atoms with Crippen molar-refractivity contribution < 1.29 is 4.74 Å². The lowest BCUT2D eigenvalue weighted by Gasteiger charge is -2.08. The van der Waals surface area contributed by atoms with Gasteiger partial charge in [0.05, 0.1) is 18.2 Å². The van der Waals surface area contributed by atoms with E-state index in [0.29, 0.717) is 11.3 Å². The predicted molar refractivity (Wildman–Crippen MR) is 73.0 cm³/mol. The number of ether oxygens (including phenoxy) is 1. The van der Waals surface area contributed by atoms with E-state index in [-0.39, 0.29) is 18.2 Å². The summed E-state index contributed by atoms with van der Waals surface area (Å²) in [7, 11) is 0. The van der Waals surface area contributed by atoms with Crippen LogP contribution in [0.1, 0.15) is 5.56 Å². The summed E-state index contributed by atoms with van der Waals surface area (Å²) in [6.45, 7) is 0.434. The molecule has 7 heteroatoms. The molecule has 2 aromatic rings. The van der Waals surface area contributed by atoms with E-state index < -0.39 is 11.2 Å². The molecule has 0 amide bonds. The van der Waals surface area contributed by atoms with E-state index >= 15 is 0 Å². The number of nitrogens with zero attached hydrogens (tertiary/aromatic N) is 2. The van der Waals surface area contributed by atoms with Gasteiger partial charge in [0.25, 0.3) is 5.56 Å². The molecule has 0 bridgehead atoms. The summed E-state index contributed by atoms with van der Waals surface area (Å²) >= 11 is 5.64. The van der Waals surface area contributed by atoms with Crippen LogP contribution in [0, 0.1) is 11.3 Å². The highest BCUT2D eigenvalue weighted by Crippen LogP contribution is 2.12. The molecule has 0 fully saturated rings. The normalized spacial score (nSPS) is 10.0. The van der Waals surface area contributed by atoms with Gasteiger partial charge in [0.1, 0.15) is 17.4 Å². The van der Waals surface area contributed by atoms with Crippen LogP contribution in [0.2, 0.25) is 5.02 Å². The van der Waals surface area contributed by atoms with Gasteiger partial charge in [-0.15, -0.1) is 0 Å². The van der Waals surface area contributed by atoms with E-state index in [4.69, 9.17) is 21.6 Å². The summed E-state index contributed by atoms with van der Waals surface area (Å²) in [6.07, 6.45) is 1.26. The van der Waals surface area contributed by atoms with E-state index in [1.54, 1.807) is 24.3 Å². The Hall–Kier alpha value is -2.52. The topological polar surface area (TPSA) is 87.9 Å². The predicted octanol–water partition coefficient (Wildman–Crippen LogP) is 1.14. The lowest BCUT2D eigenvalue weighted by molar-refractivity contribution is 0.295. The molecule has 0 saturated carbocycles. The smallest absolute Gasteiger partial charge is 0.328 e. The molecule has 102 valence electrons. The Labute approximate surface area is 118 Å². The molecule has 20 heavy (non-hydrogen) atoms. The summed E-state index contributed by atoms with van der Waals surface area (Å²) in [4.78, 5) is 24.7. The zero-order valence-electron chi connectivity index (χ0n) is 10.3. The highest BCUT2D eigenvalue weighted by Gasteiger charge is 2.02. The van der Waals surface area contributed by atoms with Crippen LogP contribution in [0.3, 0.4) is 0 Å². The van der Waals surface area contributed by atoms with Crippen molar-refractivity contribution >= 4 is 11.6 Å². The van der Waals surface area contributed by atoms with Gasteiger partial charge in [-0.3, -0.25) is 14.3 Å². The first kappa shape index (κ1) is 13.9. The van der Waals surface area contributed by atoms with E-state index in [0.717, 1.165) is 0 Å². The van der Waals surface area contributed by atoms with Crippen molar-refractivity contribution in [3.8, 4) is 11.8 Å². The maximum Gasteiger partial charge on any atom is 0.328 e. The third kappa shape index (κ3) is 3.28. The average molecular weight is 292 g/mol. The minimum atomic E-state index is -0.615. The molecule has 1 aromatic heterocycles. The maximum atomic E-state index is 11.5. The SMILES string of the molecule is N#Cc1cccc(OCCn2cc(Cl)c(=O)[nH]c2=O)c1. The van der Waals surface area contributed by atoms with Gasteiger partial charge >= 0.3 is 5.69 Å². The van der Waals surface area contributed by atoms with E-state index in [9.17, 15) is 9.59 Å². The molecule has 0 atom stereocenters. The number of rotatable bonds is 4. The fourth-order valence-corrected chi connectivity index (χ4v) is 1.73. The van der Waals surface area contributed by atoms with Gasteiger partial charge in [-0.1, -0.05) is 17.7 Å². The van der Waals surface area contributed by atoms with Crippen LogP contribution in [0.15, 0.2) is 40.1 Å². The number of aromatic amines is 1. The number of hydrogen-bond acceptors (Lipinski definition) is 4. The first-order chi connectivity index (χ1) is 9.60. The molecule has 0 saturated heterocycles. The number of benzene rings is 1. The fourth-order valence-electron chi connectivity index (χ4n) is 1.57. The largest absolute Gasteiger partial charge is 0.492 e. The van der Waals surface area contributed by atoms with Gasteiger partial charge in [-0.2, -0.15) is 5.26 Å². The van der Waals surface area contributed by atoms with Crippen LogP contribution in [0.25, 0.3) is 0 Å². The van der Waals surface area contributed by atoms with Crippen LogP contribution >= 0.6 is 11.6 Å².